The predicted molar refractivity (Wildman–Crippen MR) is 102 cm³/mol. The molecule has 1 rings (SSSR count). The molecule has 27 heavy (non-hydrogen) atoms. The van der Waals surface area contributed by atoms with Gasteiger partial charge in [0, 0.05) is 0 Å². The quantitative estimate of drug-likeness (QED) is 0.335. The lowest BCUT2D eigenvalue weighted by molar-refractivity contribution is -0.502. The molecule has 6 nitrogen and oxygen atoms in total. The van der Waals surface area contributed by atoms with Crippen LogP contribution in [-0.2, 0) is 29.1 Å². The highest BCUT2D eigenvalue weighted by molar-refractivity contribution is 5.82. The van der Waals surface area contributed by atoms with Crippen LogP contribution in [0.1, 0.15) is 99.3 Å². The molecule has 1 aliphatic heterocycles. The number of carbonyl (C=O) groups is 2. The molecule has 4 unspecified atom stereocenters. The summed E-state index contributed by atoms with van der Waals surface area (Å²) < 4.78 is 0. The molecule has 1 saturated heterocycles. The van der Waals surface area contributed by atoms with Gasteiger partial charge in [0.1, 0.15) is 6.10 Å². The van der Waals surface area contributed by atoms with Crippen molar-refractivity contribution in [3.05, 3.63) is 0 Å². The summed E-state index contributed by atoms with van der Waals surface area (Å²) >= 11 is 0. The molecule has 4 atom stereocenters. The number of unbranched alkanes of at least 4 members (excludes halogenated alkanes) is 1. The first kappa shape index (κ1) is 23.9. The number of rotatable bonds is 12. The van der Waals surface area contributed by atoms with Crippen molar-refractivity contribution >= 4 is 11.9 Å². The second-order valence-corrected chi connectivity index (χ2v) is 7.74. The first-order valence-electron chi connectivity index (χ1n) is 10.7. The fourth-order valence-corrected chi connectivity index (χ4v) is 4.02. The zero-order valence-electron chi connectivity index (χ0n) is 18.0. The summed E-state index contributed by atoms with van der Waals surface area (Å²) in [7, 11) is 0. The summed E-state index contributed by atoms with van der Waals surface area (Å²) in [6, 6.07) is 0. The summed E-state index contributed by atoms with van der Waals surface area (Å²) in [4.78, 5) is 45.9. The molecule has 1 heterocycles. The van der Waals surface area contributed by atoms with Crippen LogP contribution >= 0.6 is 0 Å². The first-order chi connectivity index (χ1) is 12.9. The van der Waals surface area contributed by atoms with Gasteiger partial charge in [-0.25, -0.2) is 29.1 Å². The van der Waals surface area contributed by atoms with Gasteiger partial charge in [-0.05, 0) is 38.0 Å². The van der Waals surface area contributed by atoms with E-state index in [2.05, 4.69) is 20.8 Å². The lowest BCUT2D eigenvalue weighted by Crippen LogP contribution is -2.62. The maximum Gasteiger partial charge on any atom is 0.393 e. The van der Waals surface area contributed by atoms with Crippen LogP contribution < -0.4 is 0 Å². The van der Waals surface area contributed by atoms with Crippen molar-refractivity contribution in [2.45, 2.75) is 111 Å². The molecule has 0 aromatic rings. The molecule has 0 N–H and O–H groups in total. The van der Waals surface area contributed by atoms with E-state index in [4.69, 9.17) is 19.6 Å². The van der Waals surface area contributed by atoms with E-state index in [0.717, 1.165) is 38.5 Å². The van der Waals surface area contributed by atoms with E-state index >= 15 is 0 Å². The van der Waals surface area contributed by atoms with Crippen LogP contribution in [0.5, 0.6) is 0 Å². The Morgan fingerprint density at radius 1 is 1.07 bits per heavy atom. The molecule has 0 amide bonds. The minimum atomic E-state index is -1.18. The number of hydrogen-bond donors (Lipinski definition) is 0. The largest absolute Gasteiger partial charge is 0.393 e. The van der Waals surface area contributed by atoms with E-state index in [1.54, 1.807) is 0 Å². The Labute approximate surface area is 164 Å². The topological polar surface area (TPSA) is 71.1 Å². The molecule has 1 fully saturated rings. The van der Waals surface area contributed by atoms with E-state index in [1.165, 1.54) is 0 Å². The van der Waals surface area contributed by atoms with Gasteiger partial charge < -0.3 is 0 Å². The highest BCUT2D eigenvalue weighted by atomic mass is 17.3. The fourth-order valence-electron chi connectivity index (χ4n) is 4.02. The number of carbonyl (C=O) groups excluding carboxylic acids is 2. The van der Waals surface area contributed by atoms with Crippen molar-refractivity contribution in [2.24, 2.45) is 11.3 Å². The molecular weight excluding hydrogens is 348 g/mol. The van der Waals surface area contributed by atoms with Gasteiger partial charge >= 0.3 is 11.9 Å². The van der Waals surface area contributed by atoms with E-state index < -0.39 is 23.0 Å². The highest BCUT2D eigenvalue weighted by Crippen LogP contribution is 2.42. The van der Waals surface area contributed by atoms with Crippen molar-refractivity contribution in [2.75, 3.05) is 0 Å². The standard InChI is InChI=1S/C21H38O6/c1-7-12-15-20(10-4,16(6)13-8-2)18(22)25-26-19(23)21(11-5)17(14-9-3)24-27-21/h16-17H,7-15H2,1-6H3. The minimum absolute atomic E-state index is 0.154. The highest BCUT2D eigenvalue weighted by Gasteiger charge is 2.58. The Hall–Kier alpha value is -1.14. The third-order valence-corrected chi connectivity index (χ3v) is 6.13. The second kappa shape index (κ2) is 11.0. The summed E-state index contributed by atoms with van der Waals surface area (Å²) in [5.74, 6) is -0.987. The molecule has 0 aliphatic carbocycles. The Morgan fingerprint density at radius 3 is 2.22 bits per heavy atom. The molecule has 0 aromatic heterocycles. The van der Waals surface area contributed by atoms with Crippen LogP contribution in [0, 0.1) is 11.3 Å². The molecule has 0 spiro atoms. The monoisotopic (exact) mass is 386 g/mol. The zero-order chi connectivity index (χ0) is 20.5. The maximum atomic E-state index is 13.0. The smallest absolute Gasteiger partial charge is 0.247 e. The lowest BCUT2D eigenvalue weighted by atomic mass is 9.69. The van der Waals surface area contributed by atoms with Crippen LogP contribution in [0.25, 0.3) is 0 Å². The molecule has 1 aliphatic rings. The molecule has 0 radical (unpaired) electrons. The molecular formula is C21H38O6. The van der Waals surface area contributed by atoms with Gasteiger partial charge in [0.15, 0.2) is 0 Å². The summed E-state index contributed by atoms with van der Waals surface area (Å²) in [5.41, 5.74) is -1.81. The van der Waals surface area contributed by atoms with Gasteiger partial charge in [0.05, 0.1) is 5.41 Å². The minimum Gasteiger partial charge on any atom is -0.247 e. The third kappa shape index (κ3) is 5.02. The average molecular weight is 387 g/mol. The van der Waals surface area contributed by atoms with Gasteiger partial charge in [-0.1, -0.05) is 67.2 Å². The van der Waals surface area contributed by atoms with Crippen molar-refractivity contribution < 1.29 is 29.1 Å². The lowest BCUT2D eigenvalue weighted by Gasteiger charge is -2.43. The Balaban J connectivity index is 2.84. The summed E-state index contributed by atoms with van der Waals surface area (Å²) in [6.45, 7) is 12.1. The zero-order valence-corrected chi connectivity index (χ0v) is 18.0. The Kier molecular flexibility index (Phi) is 9.74. The van der Waals surface area contributed by atoms with Gasteiger partial charge in [-0.2, -0.15) is 0 Å². The van der Waals surface area contributed by atoms with Crippen LogP contribution in [0.15, 0.2) is 0 Å². The molecule has 0 aromatic carbocycles. The summed E-state index contributed by atoms with van der Waals surface area (Å²) in [5, 5.41) is 0. The third-order valence-electron chi connectivity index (χ3n) is 6.13. The van der Waals surface area contributed by atoms with Crippen molar-refractivity contribution in [3.8, 4) is 0 Å². The van der Waals surface area contributed by atoms with Crippen LogP contribution in [0.4, 0.5) is 0 Å². The Bertz CT molecular complexity index is 475. The van der Waals surface area contributed by atoms with Gasteiger partial charge in [-0.15, -0.1) is 0 Å². The number of hydrogen-bond acceptors (Lipinski definition) is 6. The Morgan fingerprint density at radius 2 is 1.78 bits per heavy atom. The van der Waals surface area contributed by atoms with E-state index in [0.29, 0.717) is 19.3 Å². The second-order valence-electron chi connectivity index (χ2n) is 7.74. The van der Waals surface area contributed by atoms with Crippen molar-refractivity contribution in [1.29, 1.82) is 0 Å². The van der Waals surface area contributed by atoms with E-state index in [9.17, 15) is 9.59 Å². The van der Waals surface area contributed by atoms with Gasteiger partial charge in [-0.3, -0.25) is 0 Å². The van der Waals surface area contributed by atoms with Crippen LogP contribution in [0.2, 0.25) is 0 Å². The predicted octanol–water partition coefficient (Wildman–Crippen LogP) is 5.29. The average Bonchev–Trinajstić information content (AvgIpc) is 2.65. The molecule has 0 bridgehead atoms. The van der Waals surface area contributed by atoms with Gasteiger partial charge in [0.25, 0.3) is 0 Å². The SMILES string of the molecule is CCCCC(CC)(C(=O)OOC(=O)C1(CC)OOC1CCC)C(C)CCC. The molecule has 158 valence electrons. The van der Waals surface area contributed by atoms with Crippen molar-refractivity contribution in [1.82, 2.24) is 0 Å². The fraction of sp³-hybridized carbons (Fsp3) is 0.905. The summed E-state index contributed by atoms with van der Waals surface area (Å²) in [6.07, 6.45) is 6.79. The van der Waals surface area contributed by atoms with Gasteiger partial charge in [0.2, 0.25) is 5.60 Å². The van der Waals surface area contributed by atoms with Crippen LogP contribution in [-0.4, -0.2) is 23.6 Å². The van der Waals surface area contributed by atoms with Crippen molar-refractivity contribution in [3.63, 3.8) is 0 Å². The first-order valence-corrected chi connectivity index (χ1v) is 10.7. The normalized spacial score (nSPS) is 25.2. The van der Waals surface area contributed by atoms with Crippen LogP contribution in [0.3, 0.4) is 0 Å². The van der Waals surface area contributed by atoms with E-state index in [-0.39, 0.29) is 12.0 Å². The molecule has 0 saturated carbocycles. The maximum absolute atomic E-state index is 13.0. The molecule has 6 heteroatoms. The van der Waals surface area contributed by atoms with E-state index in [1.807, 2.05) is 20.8 Å².